The highest BCUT2D eigenvalue weighted by atomic mass is 14.8. The Hall–Kier alpha value is -2.60. The van der Waals surface area contributed by atoms with E-state index in [0.29, 0.717) is 0 Å². The SMILES string of the molecule is N#CN=C(N)c1ccc(-c2ccccc2)cc1. The lowest BCUT2D eigenvalue weighted by Crippen LogP contribution is -2.12. The van der Waals surface area contributed by atoms with Gasteiger partial charge in [0.2, 0.25) is 6.19 Å². The first-order chi connectivity index (χ1) is 8.31. The number of amidine groups is 1. The van der Waals surface area contributed by atoms with E-state index in [9.17, 15) is 0 Å². The second kappa shape index (κ2) is 4.95. The minimum atomic E-state index is 0.243. The van der Waals surface area contributed by atoms with Gasteiger partial charge in [-0.3, -0.25) is 0 Å². The number of rotatable bonds is 2. The quantitative estimate of drug-likeness (QED) is 0.481. The van der Waals surface area contributed by atoms with Gasteiger partial charge in [-0.2, -0.15) is 10.3 Å². The summed E-state index contributed by atoms with van der Waals surface area (Å²) in [7, 11) is 0. The Labute approximate surface area is 99.8 Å². The molecule has 0 saturated heterocycles. The molecule has 0 spiro atoms. The van der Waals surface area contributed by atoms with Crippen LogP contribution in [0.2, 0.25) is 0 Å². The third-order valence-electron chi connectivity index (χ3n) is 2.46. The van der Waals surface area contributed by atoms with E-state index in [1.807, 2.05) is 54.6 Å². The van der Waals surface area contributed by atoms with Crippen molar-refractivity contribution in [3.63, 3.8) is 0 Å². The molecule has 0 radical (unpaired) electrons. The zero-order chi connectivity index (χ0) is 12.1. The molecule has 2 aromatic rings. The van der Waals surface area contributed by atoms with Crippen molar-refractivity contribution in [3.8, 4) is 17.3 Å². The van der Waals surface area contributed by atoms with Crippen LogP contribution in [-0.2, 0) is 0 Å². The number of nitriles is 1. The summed E-state index contributed by atoms with van der Waals surface area (Å²) < 4.78 is 0. The summed E-state index contributed by atoms with van der Waals surface area (Å²) in [5, 5.41) is 8.41. The van der Waals surface area contributed by atoms with Gasteiger partial charge in [0.25, 0.3) is 0 Å². The molecule has 0 bridgehead atoms. The summed E-state index contributed by atoms with van der Waals surface area (Å²) in [4.78, 5) is 3.50. The normalized spacial score (nSPS) is 10.9. The summed E-state index contributed by atoms with van der Waals surface area (Å²) >= 11 is 0. The van der Waals surface area contributed by atoms with Crippen molar-refractivity contribution >= 4 is 5.84 Å². The van der Waals surface area contributed by atoms with E-state index in [2.05, 4.69) is 4.99 Å². The minimum Gasteiger partial charge on any atom is -0.383 e. The Morgan fingerprint density at radius 3 is 2.12 bits per heavy atom. The molecule has 3 nitrogen and oxygen atoms in total. The largest absolute Gasteiger partial charge is 0.383 e. The average molecular weight is 221 g/mol. The number of aliphatic imine (C=N–C) groups is 1. The molecule has 0 aromatic heterocycles. The maximum absolute atomic E-state index is 8.41. The molecule has 0 fully saturated rings. The van der Waals surface area contributed by atoms with Crippen LogP contribution < -0.4 is 5.73 Å². The fraction of sp³-hybridized carbons (Fsp3) is 0. The predicted octanol–water partition coefficient (Wildman–Crippen LogP) is 2.54. The molecule has 82 valence electrons. The van der Waals surface area contributed by atoms with Crippen LogP contribution in [0.15, 0.2) is 59.6 Å². The van der Waals surface area contributed by atoms with Gasteiger partial charge < -0.3 is 5.73 Å². The number of hydrogen-bond acceptors (Lipinski definition) is 2. The van der Waals surface area contributed by atoms with Crippen molar-refractivity contribution in [1.82, 2.24) is 0 Å². The Kier molecular flexibility index (Phi) is 3.18. The van der Waals surface area contributed by atoms with Crippen LogP contribution in [0.4, 0.5) is 0 Å². The Morgan fingerprint density at radius 2 is 1.53 bits per heavy atom. The average Bonchev–Trinajstić information content (AvgIpc) is 2.40. The Morgan fingerprint density at radius 1 is 0.941 bits per heavy atom. The summed E-state index contributed by atoms with van der Waals surface area (Å²) in [6, 6.07) is 17.7. The van der Waals surface area contributed by atoms with Crippen LogP contribution in [-0.4, -0.2) is 5.84 Å². The van der Waals surface area contributed by atoms with Crippen molar-refractivity contribution in [3.05, 3.63) is 60.2 Å². The molecule has 0 aliphatic carbocycles. The maximum atomic E-state index is 8.41. The number of hydrogen-bond donors (Lipinski definition) is 1. The van der Waals surface area contributed by atoms with Crippen LogP contribution in [0.25, 0.3) is 11.1 Å². The second-order valence-electron chi connectivity index (χ2n) is 3.54. The van der Waals surface area contributed by atoms with Crippen LogP contribution in [0.5, 0.6) is 0 Å². The van der Waals surface area contributed by atoms with Crippen LogP contribution >= 0.6 is 0 Å². The lowest BCUT2D eigenvalue weighted by Gasteiger charge is -2.03. The molecule has 0 unspecified atom stereocenters. The molecule has 2 aromatic carbocycles. The van der Waals surface area contributed by atoms with Crippen molar-refractivity contribution < 1.29 is 0 Å². The molecule has 0 aliphatic rings. The highest BCUT2D eigenvalue weighted by molar-refractivity contribution is 5.98. The first-order valence-corrected chi connectivity index (χ1v) is 5.19. The Balaban J connectivity index is 2.32. The predicted molar refractivity (Wildman–Crippen MR) is 68.2 cm³/mol. The van der Waals surface area contributed by atoms with Gasteiger partial charge >= 0.3 is 0 Å². The van der Waals surface area contributed by atoms with Gasteiger partial charge in [-0.1, -0.05) is 54.6 Å². The maximum Gasteiger partial charge on any atom is 0.207 e. The first-order valence-electron chi connectivity index (χ1n) is 5.19. The standard InChI is InChI=1S/C14H11N3/c15-10-17-14(16)13-8-6-12(7-9-13)11-4-2-1-3-5-11/h1-9H,(H2,16,17). The van der Waals surface area contributed by atoms with Gasteiger partial charge in [0.1, 0.15) is 5.84 Å². The molecular formula is C14H11N3. The summed E-state index contributed by atoms with van der Waals surface area (Å²) in [5.41, 5.74) is 8.64. The zero-order valence-corrected chi connectivity index (χ0v) is 9.17. The van der Waals surface area contributed by atoms with Gasteiger partial charge in [0.05, 0.1) is 0 Å². The van der Waals surface area contributed by atoms with E-state index in [-0.39, 0.29) is 5.84 Å². The molecule has 17 heavy (non-hydrogen) atoms. The molecule has 0 atom stereocenters. The zero-order valence-electron chi connectivity index (χ0n) is 9.17. The van der Waals surface area contributed by atoms with E-state index in [1.165, 1.54) is 0 Å². The number of benzene rings is 2. The van der Waals surface area contributed by atoms with Crippen LogP contribution in [0.3, 0.4) is 0 Å². The van der Waals surface area contributed by atoms with Gasteiger partial charge in [-0.05, 0) is 11.1 Å². The second-order valence-corrected chi connectivity index (χ2v) is 3.54. The molecule has 0 amide bonds. The van der Waals surface area contributed by atoms with Crippen molar-refractivity contribution in [2.75, 3.05) is 0 Å². The van der Waals surface area contributed by atoms with Gasteiger partial charge in [0, 0.05) is 5.56 Å². The van der Waals surface area contributed by atoms with Crippen molar-refractivity contribution in [2.24, 2.45) is 10.7 Å². The van der Waals surface area contributed by atoms with Crippen molar-refractivity contribution in [1.29, 1.82) is 5.26 Å². The molecule has 3 heteroatoms. The summed E-state index contributed by atoms with van der Waals surface area (Å²) in [6.07, 6.45) is 1.68. The smallest absolute Gasteiger partial charge is 0.207 e. The summed E-state index contributed by atoms with van der Waals surface area (Å²) in [6.45, 7) is 0. The molecule has 2 N–H and O–H groups in total. The molecule has 0 heterocycles. The number of nitrogens with two attached hydrogens (primary N) is 1. The fourth-order valence-electron chi connectivity index (χ4n) is 1.58. The van der Waals surface area contributed by atoms with Crippen LogP contribution in [0, 0.1) is 11.5 Å². The fourth-order valence-corrected chi connectivity index (χ4v) is 1.58. The van der Waals surface area contributed by atoms with Crippen LogP contribution in [0.1, 0.15) is 5.56 Å². The molecule has 2 rings (SSSR count). The number of nitrogens with zero attached hydrogens (tertiary/aromatic N) is 2. The van der Waals surface area contributed by atoms with E-state index in [4.69, 9.17) is 11.0 Å². The van der Waals surface area contributed by atoms with E-state index >= 15 is 0 Å². The molecule has 0 aliphatic heterocycles. The third kappa shape index (κ3) is 2.50. The van der Waals surface area contributed by atoms with Gasteiger partial charge in [-0.25, -0.2) is 0 Å². The van der Waals surface area contributed by atoms with E-state index in [0.717, 1.165) is 16.7 Å². The van der Waals surface area contributed by atoms with Crippen molar-refractivity contribution in [2.45, 2.75) is 0 Å². The van der Waals surface area contributed by atoms with E-state index in [1.54, 1.807) is 6.19 Å². The summed E-state index contributed by atoms with van der Waals surface area (Å²) in [5.74, 6) is 0.243. The monoisotopic (exact) mass is 221 g/mol. The molecule has 0 saturated carbocycles. The third-order valence-corrected chi connectivity index (χ3v) is 2.46. The van der Waals surface area contributed by atoms with Gasteiger partial charge in [0.15, 0.2) is 0 Å². The lowest BCUT2D eigenvalue weighted by atomic mass is 10.0. The van der Waals surface area contributed by atoms with Gasteiger partial charge in [-0.15, -0.1) is 0 Å². The minimum absolute atomic E-state index is 0.243. The topological polar surface area (TPSA) is 62.2 Å². The highest BCUT2D eigenvalue weighted by Gasteiger charge is 2.00. The lowest BCUT2D eigenvalue weighted by molar-refractivity contribution is 1.41. The molecular weight excluding hydrogens is 210 g/mol. The Bertz CT molecular complexity index is 563. The highest BCUT2D eigenvalue weighted by Crippen LogP contribution is 2.18. The van der Waals surface area contributed by atoms with E-state index < -0.39 is 0 Å². The first kappa shape index (κ1) is 10.9.